The quantitative estimate of drug-likeness (QED) is 0.720. The number of carbonyl (C=O) groups is 2. The Morgan fingerprint density at radius 2 is 1.77 bits per heavy atom. The molecule has 0 saturated carbocycles. The van der Waals surface area contributed by atoms with Crippen LogP contribution >= 0.6 is 0 Å². The highest BCUT2D eigenvalue weighted by atomic mass is 16.5. The number of ether oxygens (including phenoxy) is 1. The maximum Gasteiger partial charge on any atom is 0.254 e. The number of carbonyl (C=O) groups excluding carboxylic acids is 2. The van der Waals surface area contributed by atoms with Crippen LogP contribution in [0.1, 0.15) is 39.0 Å². The molecule has 0 unspecified atom stereocenters. The largest absolute Gasteiger partial charge is 0.497 e. The number of hydrogen-bond donors (Lipinski definition) is 1. The SMILES string of the molecule is COc1cccc(NC(=O)[C@H]2c3ccccc3C(=O)N3CCc4ccccc4[C@@H]23)c1. The van der Waals surface area contributed by atoms with Crippen LogP contribution in [0.4, 0.5) is 5.69 Å². The summed E-state index contributed by atoms with van der Waals surface area (Å²) in [4.78, 5) is 28.7. The van der Waals surface area contributed by atoms with Crippen molar-refractivity contribution in [3.05, 3.63) is 95.1 Å². The Hall–Kier alpha value is -3.60. The standard InChI is InChI=1S/C25H22N2O3/c1-30-18-9-6-8-17(15-18)26-24(28)22-20-11-4-5-12-21(20)25(29)27-14-13-16-7-2-3-10-19(16)23(22)27/h2-12,15,22-23H,13-14H2,1H3,(H,26,28)/t22-,23-/m0/s1. The lowest BCUT2D eigenvalue weighted by atomic mass is 9.76. The predicted octanol–water partition coefficient (Wildman–Crippen LogP) is 4.17. The molecule has 0 radical (unpaired) electrons. The highest BCUT2D eigenvalue weighted by Gasteiger charge is 2.46. The van der Waals surface area contributed by atoms with Crippen molar-refractivity contribution in [1.82, 2.24) is 4.90 Å². The van der Waals surface area contributed by atoms with Crippen LogP contribution in [0.5, 0.6) is 5.75 Å². The van der Waals surface area contributed by atoms with Crippen LogP contribution in [0.2, 0.25) is 0 Å². The third kappa shape index (κ3) is 2.94. The molecule has 5 rings (SSSR count). The molecule has 2 aliphatic heterocycles. The molecule has 5 heteroatoms. The summed E-state index contributed by atoms with van der Waals surface area (Å²) in [5.41, 5.74) is 4.31. The van der Waals surface area contributed by atoms with Gasteiger partial charge in [-0.15, -0.1) is 0 Å². The second-order valence-corrected chi connectivity index (χ2v) is 7.68. The molecule has 0 bridgehead atoms. The fourth-order valence-electron chi connectivity index (χ4n) is 4.68. The van der Waals surface area contributed by atoms with Crippen LogP contribution in [-0.2, 0) is 11.2 Å². The molecule has 0 spiro atoms. The smallest absolute Gasteiger partial charge is 0.254 e. The molecule has 2 aliphatic rings. The molecule has 3 aromatic carbocycles. The number of benzene rings is 3. The minimum absolute atomic E-state index is 0.00414. The van der Waals surface area contributed by atoms with Gasteiger partial charge in [-0.25, -0.2) is 0 Å². The second kappa shape index (κ2) is 7.34. The third-order valence-electron chi connectivity index (χ3n) is 6.05. The summed E-state index contributed by atoms with van der Waals surface area (Å²) in [7, 11) is 1.60. The van der Waals surface area contributed by atoms with Crippen LogP contribution in [0, 0.1) is 0 Å². The molecular weight excluding hydrogens is 376 g/mol. The lowest BCUT2D eigenvalue weighted by Gasteiger charge is -2.45. The van der Waals surface area contributed by atoms with E-state index in [1.54, 1.807) is 13.2 Å². The Kier molecular flexibility index (Phi) is 4.51. The Balaban J connectivity index is 1.61. The molecule has 0 saturated heterocycles. The molecule has 2 atom stereocenters. The van der Waals surface area contributed by atoms with E-state index in [4.69, 9.17) is 4.74 Å². The van der Waals surface area contributed by atoms with E-state index in [2.05, 4.69) is 11.4 Å². The molecule has 30 heavy (non-hydrogen) atoms. The van der Waals surface area contributed by atoms with Crippen LogP contribution < -0.4 is 10.1 Å². The zero-order valence-electron chi connectivity index (χ0n) is 16.7. The number of methoxy groups -OCH3 is 1. The van der Waals surface area contributed by atoms with Crippen molar-refractivity contribution in [2.45, 2.75) is 18.4 Å². The van der Waals surface area contributed by atoms with Gasteiger partial charge in [0.1, 0.15) is 5.75 Å². The summed E-state index contributed by atoms with van der Waals surface area (Å²) in [5.74, 6) is 0.0497. The van der Waals surface area contributed by atoms with Crippen LogP contribution in [-0.4, -0.2) is 30.4 Å². The van der Waals surface area contributed by atoms with Gasteiger partial charge in [0.05, 0.1) is 19.1 Å². The maximum atomic E-state index is 13.6. The first kappa shape index (κ1) is 18.4. The van der Waals surface area contributed by atoms with Crippen LogP contribution in [0.25, 0.3) is 0 Å². The number of hydrogen-bond acceptors (Lipinski definition) is 3. The number of rotatable bonds is 3. The van der Waals surface area contributed by atoms with Crippen molar-refractivity contribution >= 4 is 17.5 Å². The van der Waals surface area contributed by atoms with Gasteiger partial charge in [-0.05, 0) is 41.3 Å². The number of fused-ring (bicyclic) bond motifs is 4. The lowest BCUT2D eigenvalue weighted by molar-refractivity contribution is -0.119. The van der Waals surface area contributed by atoms with Crippen molar-refractivity contribution in [3.63, 3.8) is 0 Å². The third-order valence-corrected chi connectivity index (χ3v) is 6.05. The zero-order valence-corrected chi connectivity index (χ0v) is 16.7. The van der Waals surface area contributed by atoms with Gasteiger partial charge in [0.15, 0.2) is 0 Å². The Bertz CT molecular complexity index is 1140. The molecule has 3 aromatic rings. The van der Waals surface area contributed by atoms with E-state index in [0.717, 1.165) is 17.5 Å². The van der Waals surface area contributed by atoms with Gasteiger partial charge in [0.25, 0.3) is 5.91 Å². The van der Waals surface area contributed by atoms with Gasteiger partial charge >= 0.3 is 0 Å². The summed E-state index contributed by atoms with van der Waals surface area (Å²) in [5, 5.41) is 3.05. The molecule has 1 N–H and O–H groups in total. The molecule has 0 aromatic heterocycles. The zero-order chi connectivity index (χ0) is 20.7. The number of nitrogens with zero attached hydrogens (tertiary/aromatic N) is 1. The van der Waals surface area contributed by atoms with E-state index in [0.29, 0.717) is 23.5 Å². The predicted molar refractivity (Wildman–Crippen MR) is 115 cm³/mol. The Morgan fingerprint density at radius 3 is 2.60 bits per heavy atom. The van der Waals surface area contributed by atoms with Crippen molar-refractivity contribution in [3.8, 4) is 5.75 Å². The Labute approximate surface area is 175 Å². The average molecular weight is 398 g/mol. The molecular formula is C25H22N2O3. The molecule has 150 valence electrons. The minimum atomic E-state index is -0.494. The van der Waals surface area contributed by atoms with E-state index < -0.39 is 5.92 Å². The van der Waals surface area contributed by atoms with Gasteiger partial charge in [0.2, 0.25) is 5.91 Å². The van der Waals surface area contributed by atoms with Gasteiger partial charge < -0.3 is 15.0 Å². The van der Waals surface area contributed by atoms with Gasteiger partial charge in [0, 0.05) is 23.9 Å². The highest BCUT2D eigenvalue weighted by Crippen LogP contribution is 2.46. The van der Waals surface area contributed by atoms with Gasteiger partial charge in [-0.2, -0.15) is 0 Å². The maximum absolute atomic E-state index is 13.6. The monoisotopic (exact) mass is 398 g/mol. The van der Waals surface area contributed by atoms with Gasteiger partial charge in [-0.1, -0.05) is 48.5 Å². The van der Waals surface area contributed by atoms with E-state index in [1.165, 1.54) is 5.56 Å². The summed E-state index contributed by atoms with van der Waals surface area (Å²) >= 11 is 0. The number of amides is 2. The fraction of sp³-hybridized carbons (Fsp3) is 0.200. The first-order chi connectivity index (χ1) is 14.7. The molecule has 5 nitrogen and oxygen atoms in total. The minimum Gasteiger partial charge on any atom is -0.497 e. The van der Waals surface area contributed by atoms with E-state index in [-0.39, 0.29) is 17.9 Å². The molecule has 0 aliphatic carbocycles. The summed E-state index contributed by atoms with van der Waals surface area (Å²) in [6, 6.07) is 22.6. The van der Waals surface area contributed by atoms with Gasteiger partial charge in [-0.3, -0.25) is 9.59 Å². The summed E-state index contributed by atoms with van der Waals surface area (Å²) in [6.45, 7) is 0.609. The van der Waals surface area contributed by atoms with Crippen molar-refractivity contribution in [1.29, 1.82) is 0 Å². The lowest BCUT2D eigenvalue weighted by Crippen LogP contribution is -2.49. The van der Waals surface area contributed by atoms with Crippen molar-refractivity contribution in [2.75, 3.05) is 19.0 Å². The first-order valence-electron chi connectivity index (χ1n) is 10.1. The van der Waals surface area contributed by atoms with E-state index >= 15 is 0 Å². The molecule has 2 amide bonds. The average Bonchev–Trinajstić information content (AvgIpc) is 2.79. The van der Waals surface area contributed by atoms with E-state index in [9.17, 15) is 9.59 Å². The Morgan fingerprint density at radius 1 is 1.00 bits per heavy atom. The first-order valence-corrected chi connectivity index (χ1v) is 10.1. The molecule has 0 fully saturated rings. The fourth-order valence-corrected chi connectivity index (χ4v) is 4.68. The molecule has 2 heterocycles. The van der Waals surface area contributed by atoms with Crippen molar-refractivity contribution < 1.29 is 14.3 Å². The second-order valence-electron chi connectivity index (χ2n) is 7.68. The topological polar surface area (TPSA) is 58.6 Å². The summed E-state index contributed by atoms with van der Waals surface area (Å²) < 4.78 is 5.28. The number of nitrogens with one attached hydrogen (secondary N) is 1. The van der Waals surface area contributed by atoms with E-state index in [1.807, 2.05) is 65.6 Å². The normalized spacial score (nSPS) is 19.4. The number of anilines is 1. The van der Waals surface area contributed by atoms with Crippen LogP contribution in [0.3, 0.4) is 0 Å². The van der Waals surface area contributed by atoms with Crippen molar-refractivity contribution in [2.24, 2.45) is 0 Å². The highest BCUT2D eigenvalue weighted by molar-refractivity contribution is 6.04. The summed E-state index contributed by atoms with van der Waals surface area (Å²) in [6.07, 6.45) is 0.796. The van der Waals surface area contributed by atoms with Crippen LogP contribution in [0.15, 0.2) is 72.8 Å².